The highest BCUT2D eigenvalue weighted by molar-refractivity contribution is 6.46. The van der Waals surface area contributed by atoms with Crippen molar-refractivity contribution in [3.05, 3.63) is 53.5 Å². The van der Waals surface area contributed by atoms with E-state index in [4.69, 9.17) is 13.9 Å². The summed E-state index contributed by atoms with van der Waals surface area (Å²) in [7, 11) is 6.78. The van der Waals surface area contributed by atoms with E-state index in [1.54, 1.807) is 30.3 Å². The normalized spacial score (nSPS) is 18.3. The number of amides is 1. The van der Waals surface area contributed by atoms with Crippen molar-refractivity contribution in [2.45, 2.75) is 12.5 Å². The molecule has 1 aliphatic heterocycles. The van der Waals surface area contributed by atoms with Crippen LogP contribution >= 0.6 is 0 Å². The number of hydrogen-bond donors (Lipinski definition) is 1. The van der Waals surface area contributed by atoms with Crippen molar-refractivity contribution in [2.75, 3.05) is 41.4 Å². The lowest BCUT2D eigenvalue weighted by atomic mass is 9.98. The molecule has 1 aromatic carbocycles. The molecule has 1 N–H and O–H groups in total. The van der Waals surface area contributed by atoms with Gasteiger partial charge in [0.05, 0.1) is 26.1 Å². The first-order valence-corrected chi connectivity index (χ1v) is 9.58. The Morgan fingerprint density at radius 1 is 1.13 bits per heavy atom. The molecule has 0 spiro atoms. The maximum atomic E-state index is 13.0. The van der Waals surface area contributed by atoms with E-state index in [0.717, 1.165) is 6.54 Å². The van der Waals surface area contributed by atoms with Crippen molar-refractivity contribution in [3.63, 3.8) is 0 Å². The van der Waals surface area contributed by atoms with Gasteiger partial charge in [0.15, 0.2) is 0 Å². The molecule has 1 fully saturated rings. The SMILES string of the molecule is COc1cccc(OC)c1/C(O)=C1\C(=O)C(=O)N(CCCN(C)C)C1c1ccco1. The van der Waals surface area contributed by atoms with Gasteiger partial charge in [0.25, 0.3) is 11.7 Å². The van der Waals surface area contributed by atoms with Crippen molar-refractivity contribution >= 4 is 17.4 Å². The Morgan fingerprint density at radius 2 is 1.80 bits per heavy atom. The minimum absolute atomic E-state index is 0.0531. The van der Waals surface area contributed by atoms with Crippen LogP contribution in [0.15, 0.2) is 46.6 Å². The fourth-order valence-corrected chi connectivity index (χ4v) is 3.63. The summed E-state index contributed by atoms with van der Waals surface area (Å²) in [6, 6.07) is 7.52. The summed E-state index contributed by atoms with van der Waals surface area (Å²) in [5.41, 5.74) is 0.160. The van der Waals surface area contributed by atoms with Gasteiger partial charge in [-0.05, 0) is 51.3 Å². The number of furan rings is 1. The van der Waals surface area contributed by atoms with Crippen molar-refractivity contribution in [1.82, 2.24) is 9.80 Å². The predicted octanol–water partition coefficient (Wildman–Crippen LogP) is 2.67. The van der Waals surface area contributed by atoms with Crippen LogP contribution in [0.1, 0.15) is 23.8 Å². The fourth-order valence-electron chi connectivity index (χ4n) is 3.63. The summed E-state index contributed by atoms with van der Waals surface area (Å²) < 4.78 is 16.3. The Labute approximate surface area is 175 Å². The molecule has 1 unspecified atom stereocenters. The van der Waals surface area contributed by atoms with E-state index in [9.17, 15) is 14.7 Å². The van der Waals surface area contributed by atoms with Crippen LogP contribution in [-0.2, 0) is 9.59 Å². The van der Waals surface area contributed by atoms with Gasteiger partial charge in [0.2, 0.25) is 0 Å². The Hall–Kier alpha value is -3.26. The van der Waals surface area contributed by atoms with Crippen LogP contribution in [0, 0.1) is 0 Å². The number of aliphatic hydroxyl groups excluding tert-OH is 1. The van der Waals surface area contributed by atoms with Crippen molar-refractivity contribution in [2.24, 2.45) is 0 Å². The molecule has 1 aliphatic rings. The van der Waals surface area contributed by atoms with E-state index in [0.29, 0.717) is 30.2 Å². The Balaban J connectivity index is 2.14. The summed E-state index contributed by atoms with van der Waals surface area (Å²) >= 11 is 0. The molecular weight excluding hydrogens is 388 g/mol. The Bertz CT molecular complexity index is 926. The van der Waals surface area contributed by atoms with E-state index >= 15 is 0 Å². The number of nitrogens with zero attached hydrogens (tertiary/aromatic N) is 2. The van der Waals surface area contributed by atoms with Crippen LogP contribution < -0.4 is 9.47 Å². The molecule has 30 heavy (non-hydrogen) atoms. The van der Waals surface area contributed by atoms with Gasteiger partial charge >= 0.3 is 0 Å². The minimum Gasteiger partial charge on any atom is -0.506 e. The number of hydrogen-bond acceptors (Lipinski definition) is 7. The molecule has 1 saturated heterocycles. The van der Waals surface area contributed by atoms with Gasteiger partial charge in [0, 0.05) is 6.54 Å². The molecule has 1 aromatic heterocycles. The van der Waals surface area contributed by atoms with E-state index in [2.05, 4.69) is 0 Å². The third kappa shape index (κ3) is 3.91. The minimum atomic E-state index is -0.836. The smallest absolute Gasteiger partial charge is 0.295 e. The second-order valence-corrected chi connectivity index (χ2v) is 7.20. The lowest BCUT2D eigenvalue weighted by Gasteiger charge is -2.24. The number of Topliss-reactive ketones (excluding diaryl/α,β-unsaturated/α-hetero) is 1. The maximum Gasteiger partial charge on any atom is 0.295 e. The molecule has 0 saturated carbocycles. The van der Waals surface area contributed by atoms with Crippen LogP contribution in [0.2, 0.25) is 0 Å². The Kier molecular flexibility index (Phi) is 6.47. The van der Waals surface area contributed by atoms with Crippen LogP contribution in [0.5, 0.6) is 11.5 Å². The lowest BCUT2D eigenvalue weighted by Crippen LogP contribution is -2.32. The highest BCUT2D eigenvalue weighted by Crippen LogP contribution is 2.43. The Morgan fingerprint density at radius 3 is 2.33 bits per heavy atom. The third-order valence-corrected chi connectivity index (χ3v) is 5.02. The van der Waals surface area contributed by atoms with Crippen molar-refractivity contribution in [1.29, 1.82) is 0 Å². The number of methoxy groups -OCH3 is 2. The number of rotatable bonds is 8. The topological polar surface area (TPSA) is 92.4 Å². The average Bonchev–Trinajstić information content (AvgIpc) is 3.34. The van der Waals surface area contributed by atoms with Crippen LogP contribution in [0.25, 0.3) is 5.76 Å². The fraction of sp³-hybridized carbons (Fsp3) is 0.364. The molecule has 160 valence electrons. The van der Waals surface area contributed by atoms with Gasteiger partial charge in [-0.1, -0.05) is 6.07 Å². The second kappa shape index (κ2) is 9.04. The molecule has 0 radical (unpaired) electrons. The first-order chi connectivity index (χ1) is 14.4. The number of ketones is 1. The molecular formula is C22H26N2O6. The first kappa shape index (κ1) is 21.4. The zero-order chi connectivity index (χ0) is 21.8. The summed E-state index contributed by atoms with van der Waals surface area (Å²) in [5.74, 6) is -0.765. The third-order valence-electron chi connectivity index (χ3n) is 5.02. The van der Waals surface area contributed by atoms with Gasteiger partial charge in [-0.15, -0.1) is 0 Å². The monoisotopic (exact) mass is 414 g/mol. The summed E-state index contributed by atoms with van der Waals surface area (Å²) in [4.78, 5) is 29.3. The summed E-state index contributed by atoms with van der Waals surface area (Å²) in [6.07, 6.45) is 2.13. The standard InChI is InChI=1S/C22H26N2O6/c1-23(2)11-7-12-24-19(16-10-6-13-30-16)18(21(26)22(24)27)20(25)17-14(28-3)8-5-9-15(17)29-4/h5-6,8-10,13,19,25H,7,11-12H2,1-4H3/b20-18+. The molecule has 0 aliphatic carbocycles. The van der Waals surface area contributed by atoms with Crippen molar-refractivity contribution < 1.29 is 28.6 Å². The number of carbonyl (C=O) groups excluding carboxylic acids is 2. The van der Waals surface area contributed by atoms with E-state index in [1.165, 1.54) is 25.4 Å². The van der Waals surface area contributed by atoms with Crippen LogP contribution in [-0.4, -0.2) is 68.0 Å². The van der Waals surface area contributed by atoms with E-state index in [-0.39, 0.29) is 16.9 Å². The molecule has 2 aromatic rings. The highest BCUT2D eigenvalue weighted by atomic mass is 16.5. The zero-order valence-corrected chi connectivity index (χ0v) is 17.5. The number of aliphatic hydroxyl groups is 1. The van der Waals surface area contributed by atoms with Gasteiger partial charge in [0.1, 0.15) is 34.6 Å². The molecule has 2 heterocycles. The molecule has 0 bridgehead atoms. The van der Waals surface area contributed by atoms with Crippen LogP contribution in [0.4, 0.5) is 0 Å². The first-order valence-electron chi connectivity index (χ1n) is 9.58. The van der Waals surface area contributed by atoms with E-state index < -0.39 is 17.7 Å². The second-order valence-electron chi connectivity index (χ2n) is 7.20. The maximum absolute atomic E-state index is 13.0. The highest BCUT2D eigenvalue weighted by Gasteiger charge is 2.47. The van der Waals surface area contributed by atoms with Gasteiger partial charge in [-0.3, -0.25) is 9.59 Å². The molecule has 8 heteroatoms. The average molecular weight is 414 g/mol. The van der Waals surface area contributed by atoms with Crippen LogP contribution in [0.3, 0.4) is 0 Å². The van der Waals surface area contributed by atoms with E-state index in [1.807, 2.05) is 19.0 Å². The number of benzene rings is 1. The quantitative estimate of drug-likeness (QED) is 0.403. The molecule has 1 amide bonds. The largest absolute Gasteiger partial charge is 0.506 e. The van der Waals surface area contributed by atoms with Crippen molar-refractivity contribution in [3.8, 4) is 11.5 Å². The number of likely N-dealkylation sites (tertiary alicyclic amines) is 1. The lowest BCUT2D eigenvalue weighted by molar-refractivity contribution is -0.140. The number of ether oxygens (including phenoxy) is 2. The van der Waals surface area contributed by atoms with Gasteiger partial charge in [-0.2, -0.15) is 0 Å². The number of carbonyl (C=O) groups is 2. The molecule has 8 nitrogen and oxygen atoms in total. The summed E-state index contributed by atoms with van der Waals surface area (Å²) in [5, 5.41) is 11.2. The predicted molar refractivity (Wildman–Crippen MR) is 110 cm³/mol. The molecule has 1 atom stereocenters. The van der Waals surface area contributed by atoms with Gasteiger partial charge in [-0.25, -0.2) is 0 Å². The molecule has 3 rings (SSSR count). The summed E-state index contributed by atoms with van der Waals surface area (Å²) in [6.45, 7) is 1.09. The zero-order valence-electron chi connectivity index (χ0n) is 17.5. The van der Waals surface area contributed by atoms with Gasteiger partial charge < -0.3 is 28.8 Å².